The number of anilines is 1. The van der Waals surface area contributed by atoms with Crippen LogP contribution in [0, 0.1) is 12.7 Å². The first kappa shape index (κ1) is 24.4. The summed E-state index contributed by atoms with van der Waals surface area (Å²) in [5, 5.41) is 3.57. The molecule has 0 fully saturated rings. The first-order valence-corrected chi connectivity index (χ1v) is 11.5. The number of halogens is 2. The van der Waals surface area contributed by atoms with Gasteiger partial charge in [-0.15, -0.1) is 0 Å². The van der Waals surface area contributed by atoms with Crippen LogP contribution in [0.2, 0.25) is 5.02 Å². The van der Waals surface area contributed by atoms with E-state index in [9.17, 15) is 9.18 Å². The topological polar surface area (TPSA) is 60.7 Å². The standard InChI is InChI=1S/C28H25ClFNO4/c1-5-34-27-17(3)28-22(23(15-35-28)18-6-9-20(33-4)10-7-18)14-21(27)16(2)12-26(32)31-19-8-11-25(30)24(29)13-19/h6-15H,5H2,1-4H3,(H,31,32)/b16-12+. The van der Waals surface area contributed by atoms with Crippen molar-refractivity contribution >= 4 is 39.7 Å². The quantitative estimate of drug-likeness (QED) is 0.268. The molecular weight excluding hydrogens is 469 g/mol. The SMILES string of the molecule is CCOc1c(/C(C)=C/C(=O)Nc2ccc(F)c(Cl)c2)cc2c(-c3ccc(OC)cc3)coc2c1C. The van der Waals surface area contributed by atoms with Crippen molar-refractivity contribution < 1.29 is 23.1 Å². The largest absolute Gasteiger partial charge is 0.497 e. The molecule has 0 aliphatic carbocycles. The number of aryl methyl sites for hydroxylation is 1. The van der Waals surface area contributed by atoms with Crippen molar-refractivity contribution in [2.75, 3.05) is 19.0 Å². The van der Waals surface area contributed by atoms with Crippen molar-refractivity contribution in [2.24, 2.45) is 0 Å². The number of ether oxygens (including phenoxy) is 2. The summed E-state index contributed by atoms with van der Waals surface area (Å²) in [4.78, 5) is 12.7. The number of benzene rings is 3. The first-order valence-electron chi connectivity index (χ1n) is 11.1. The Kier molecular flexibility index (Phi) is 7.12. The molecule has 4 aromatic rings. The van der Waals surface area contributed by atoms with Gasteiger partial charge in [0.1, 0.15) is 22.9 Å². The summed E-state index contributed by atoms with van der Waals surface area (Å²) in [5.41, 5.74) is 5.35. The minimum Gasteiger partial charge on any atom is -0.497 e. The van der Waals surface area contributed by atoms with Crippen LogP contribution in [0.1, 0.15) is 25.0 Å². The molecule has 7 heteroatoms. The van der Waals surface area contributed by atoms with E-state index in [1.807, 2.05) is 51.1 Å². The third-order valence-corrected chi connectivity index (χ3v) is 5.98. The molecule has 4 rings (SSSR count). The average Bonchev–Trinajstić information content (AvgIpc) is 3.27. The Morgan fingerprint density at radius 1 is 1.17 bits per heavy atom. The maximum absolute atomic E-state index is 13.4. The highest BCUT2D eigenvalue weighted by Gasteiger charge is 2.19. The lowest BCUT2D eigenvalue weighted by Crippen LogP contribution is -2.09. The molecule has 0 spiro atoms. The maximum Gasteiger partial charge on any atom is 0.248 e. The fourth-order valence-electron chi connectivity index (χ4n) is 3.96. The highest BCUT2D eigenvalue weighted by Crippen LogP contribution is 2.41. The van der Waals surface area contributed by atoms with Crippen molar-refractivity contribution in [3.8, 4) is 22.6 Å². The van der Waals surface area contributed by atoms with E-state index >= 15 is 0 Å². The smallest absolute Gasteiger partial charge is 0.248 e. The van der Waals surface area contributed by atoms with Crippen molar-refractivity contribution in [1.82, 2.24) is 0 Å². The van der Waals surface area contributed by atoms with Gasteiger partial charge in [0, 0.05) is 33.8 Å². The lowest BCUT2D eigenvalue weighted by molar-refractivity contribution is -0.111. The van der Waals surface area contributed by atoms with Gasteiger partial charge in [-0.3, -0.25) is 4.79 Å². The summed E-state index contributed by atoms with van der Waals surface area (Å²) in [6.45, 7) is 6.14. The van der Waals surface area contributed by atoms with Crippen molar-refractivity contribution in [3.63, 3.8) is 0 Å². The molecule has 1 N–H and O–H groups in total. The number of carbonyl (C=O) groups excluding carboxylic acids is 1. The van der Waals surface area contributed by atoms with E-state index in [2.05, 4.69) is 5.32 Å². The lowest BCUT2D eigenvalue weighted by Gasteiger charge is -2.15. The molecule has 0 atom stereocenters. The van der Waals surface area contributed by atoms with E-state index in [-0.39, 0.29) is 10.9 Å². The third-order valence-electron chi connectivity index (χ3n) is 5.69. The fraction of sp³-hybridized carbons (Fsp3) is 0.179. The number of hydrogen-bond acceptors (Lipinski definition) is 4. The number of hydrogen-bond donors (Lipinski definition) is 1. The summed E-state index contributed by atoms with van der Waals surface area (Å²) in [5.74, 6) is 0.508. The number of amides is 1. The highest BCUT2D eigenvalue weighted by atomic mass is 35.5. The summed E-state index contributed by atoms with van der Waals surface area (Å²) >= 11 is 5.82. The van der Waals surface area contributed by atoms with Gasteiger partial charge in [-0.2, -0.15) is 0 Å². The number of methoxy groups -OCH3 is 1. The Balaban J connectivity index is 1.75. The van der Waals surface area contributed by atoms with E-state index in [4.69, 9.17) is 25.5 Å². The van der Waals surface area contributed by atoms with Crippen LogP contribution in [0.4, 0.5) is 10.1 Å². The minimum absolute atomic E-state index is 0.0609. The van der Waals surface area contributed by atoms with E-state index in [1.165, 1.54) is 24.3 Å². The van der Waals surface area contributed by atoms with Crippen molar-refractivity contribution in [2.45, 2.75) is 20.8 Å². The second-order valence-electron chi connectivity index (χ2n) is 8.01. The summed E-state index contributed by atoms with van der Waals surface area (Å²) in [6.07, 6.45) is 3.20. The van der Waals surface area contributed by atoms with Gasteiger partial charge in [-0.05, 0) is 68.3 Å². The van der Waals surface area contributed by atoms with Gasteiger partial charge in [0.2, 0.25) is 5.91 Å². The average molecular weight is 494 g/mol. The van der Waals surface area contributed by atoms with Crippen LogP contribution in [0.5, 0.6) is 11.5 Å². The molecule has 1 heterocycles. The summed E-state index contributed by atoms with van der Waals surface area (Å²) < 4.78 is 30.6. The van der Waals surface area contributed by atoms with E-state index in [0.29, 0.717) is 23.6 Å². The van der Waals surface area contributed by atoms with Crippen LogP contribution >= 0.6 is 11.6 Å². The van der Waals surface area contributed by atoms with Gasteiger partial charge < -0.3 is 19.2 Å². The molecule has 1 amide bonds. The highest BCUT2D eigenvalue weighted by molar-refractivity contribution is 6.31. The fourth-order valence-corrected chi connectivity index (χ4v) is 4.14. The molecule has 0 unspecified atom stereocenters. The molecule has 3 aromatic carbocycles. The van der Waals surface area contributed by atoms with Crippen molar-refractivity contribution in [1.29, 1.82) is 0 Å². The van der Waals surface area contributed by atoms with Crippen LogP contribution < -0.4 is 14.8 Å². The Labute approximate surface area is 208 Å². The van der Waals surface area contributed by atoms with Crippen molar-refractivity contribution in [3.05, 3.63) is 82.8 Å². The van der Waals surface area contributed by atoms with Gasteiger partial charge in [0.15, 0.2) is 0 Å². The van der Waals surface area contributed by atoms with Crippen LogP contribution in [-0.2, 0) is 4.79 Å². The molecule has 5 nitrogen and oxygen atoms in total. The van der Waals surface area contributed by atoms with Gasteiger partial charge in [-0.1, -0.05) is 23.7 Å². The first-order chi connectivity index (χ1) is 16.8. The molecule has 35 heavy (non-hydrogen) atoms. The van der Waals surface area contributed by atoms with E-state index < -0.39 is 5.82 Å². The second kappa shape index (κ2) is 10.2. The van der Waals surface area contributed by atoms with Crippen LogP contribution in [0.15, 0.2) is 65.3 Å². The van der Waals surface area contributed by atoms with E-state index in [0.717, 1.165) is 39.0 Å². The molecule has 0 saturated carbocycles. The van der Waals surface area contributed by atoms with Crippen LogP contribution in [0.25, 0.3) is 27.7 Å². The number of rotatable bonds is 7. The summed E-state index contributed by atoms with van der Waals surface area (Å²) in [7, 11) is 1.63. The van der Waals surface area contributed by atoms with Gasteiger partial charge in [0.05, 0.1) is 25.0 Å². The lowest BCUT2D eigenvalue weighted by atomic mass is 9.96. The number of allylic oxidation sites excluding steroid dienone is 1. The Morgan fingerprint density at radius 2 is 1.91 bits per heavy atom. The number of furan rings is 1. The molecule has 0 saturated heterocycles. The normalized spacial score (nSPS) is 11.5. The van der Waals surface area contributed by atoms with Gasteiger partial charge in [0.25, 0.3) is 0 Å². The molecule has 1 aromatic heterocycles. The Bertz CT molecular complexity index is 1420. The molecule has 0 radical (unpaired) electrons. The number of nitrogens with one attached hydrogen (secondary N) is 1. The van der Waals surface area contributed by atoms with Gasteiger partial charge in [-0.25, -0.2) is 4.39 Å². The molecular formula is C28H25ClFNO4. The number of carbonyl (C=O) groups is 1. The Morgan fingerprint density at radius 3 is 2.57 bits per heavy atom. The zero-order valence-corrected chi connectivity index (χ0v) is 20.6. The molecule has 0 aliphatic heterocycles. The van der Waals surface area contributed by atoms with Crippen LogP contribution in [0.3, 0.4) is 0 Å². The monoisotopic (exact) mass is 493 g/mol. The zero-order chi connectivity index (χ0) is 25.1. The summed E-state index contributed by atoms with van der Waals surface area (Å²) in [6, 6.07) is 13.7. The predicted molar refractivity (Wildman–Crippen MR) is 138 cm³/mol. The molecule has 180 valence electrons. The van der Waals surface area contributed by atoms with Crippen LogP contribution in [-0.4, -0.2) is 19.6 Å². The van der Waals surface area contributed by atoms with Gasteiger partial charge >= 0.3 is 0 Å². The predicted octanol–water partition coefficient (Wildman–Crippen LogP) is 7.65. The minimum atomic E-state index is -0.547. The molecule has 0 aliphatic rings. The molecule has 0 bridgehead atoms. The van der Waals surface area contributed by atoms with E-state index in [1.54, 1.807) is 13.4 Å². The maximum atomic E-state index is 13.4. The third kappa shape index (κ3) is 5.03. The Hall–Kier alpha value is -3.77. The zero-order valence-electron chi connectivity index (χ0n) is 19.9. The second-order valence-corrected chi connectivity index (χ2v) is 8.42. The number of fused-ring (bicyclic) bond motifs is 1.